The molecule has 5 nitrogen and oxygen atoms in total. The quantitative estimate of drug-likeness (QED) is 0.641. The van der Waals surface area contributed by atoms with E-state index in [4.69, 9.17) is 9.47 Å². The highest BCUT2D eigenvalue weighted by atomic mass is 19.3. The van der Waals surface area contributed by atoms with Gasteiger partial charge in [0, 0.05) is 19.3 Å². The number of halogens is 2. The molecule has 0 unspecified atom stereocenters. The standard InChI is InChI=1S/C14H23F2NO4/c1-5-10(18)20-14(8-6-7-13(15,16)9-14)17-11(19)21-12(2,3)4/h5-9H2,1-4H3,(H,17,19)/t14-/m0/s1. The average Bonchev–Trinajstić information content (AvgIpc) is 2.23. The van der Waals surface area contributed by atoms with E-state index in [0.717, 1.165) is 0 Å². The number of alkyl halides is 2. The van der Waals surface area contributed by atoms with Crippen molar-refractivity contribution in [2.45, 2.75) is 77.0 Å². The van der Waals surface area contributed by atoms with E-state index in [1.807, 2.05) is 0 Å². The molecular weight excluding hydrogens is 284 g/mol. The lowest BCUT2D eigenvalue weighted by Gasteiger charge is -2.40. The maximum Gasteiger partial charge on any atom is 0.410 e. The number of alkyl carbamates (subject to hydrolysis) is 1. The lowest BCUT2D eigenvalue weighted by molar-refractivity contribution is -0.185. The zero-order valence-electron chi connectivity index (χ0n) is 12.9. The summed E-state index contributed by atoms with van der Waals surface area (Å²) in [7, 11) is 0. The summed E-state index contributed by atoms with van der Waals surface area (Å²) < 4.78 is 37.5. The Kier molecular flexibility index (Phi) is 5.17. The summed E-state index contributed by atoms with van der Waals surface area (Å²) in [6, 6.07) is 0. The number of ether oxygens (including phenoxy) is 2. The molecule has 21 heavy (non-hydrogen) atoms. The van der Waals surface area contributed by atoms with Gasteiger partial charge >= 0.3 is 12.1 Å². The topological polar surface area (TPSA) is 64.6 Å². The van der Waals surface area contributed by atoms with Crippen molar-refractivity contribution in [3.05, 3.63) is 0 Å². The van der Waals surface area contributed by atoms with Gasteiger partial charge in [0.25, 0.3) is 5.92 Å². The maximum absolute atomic E-state index is 13.7. The van der Waals surface area contributed by atoms with Crippen molar-refractivity contribution >= 4 is 12.1 Å². The Hall–Kier alpha value is -1.40. The van der Waals surface area contributed by atoms with Gasteiger partial charge in [-0.15, -0.1) is 0 Å². The lowest BCUT2D eigenvalue weighted by atomic mass is 9.88. The zero-order chi connectivity index (χ0) is 16.3. The molecule has 1 aliphatic carbocycles. The maximum atomic E-state index is 13.7. The summed E-state index contributed by atoms with van der Waals surface area (Å²) >= 11 is 0. The molecule has 122 valence electrons. The first-order valence-corrected chi connectivity index (χ1v) is 7.08. The Morgan fingerprint density at radius 2 is 1.86 bits per heavy atom. The van der Waals surface area contributed by atoms with E-state index in [-0.39, 0.29) is 25.7 Å². The van der Waals surface area contributed by atoms with E-state index in [0.29, 0.717) is 0 Å². The van der Waals surface area contributed by atoms with Gasteiger partial charge in [-0.3, -0.25) is 10.1 Å². The van der Waals surface area contributed by atoms with Crippen LogP contribution in [0, 0.1) is 0 Å². The molecule has 1 N–H and O–H groups in total. The summed E-state index contributed by atoms with van der Waals surface area (Å²) in [5, 5.41) is 2.33. The molecule has 0 aliphatic heterocycles. The van der Waals surface area contributed by atoms with Crippen molar-refractivity contribution in [2.75, 3.05) is 0 Å². The van der Waals surface area contributed by atoms with Gasteiger partial charge in [0.1, 0.15) is 5.60 Å². The van der Waals surface area contributed by atoms with Crippen LogP contribution in [0.5, 0.6) is 0 Å². The highest BCUT2D eigenvalue weighted by Crippen LogP contribution is 2.40. The Morgan fingerprint density at radius 1 is 1.24 bits per heavy atom. The van der Waals surface area contributed by atoms with Crippen molar-refractivity contribution in [3.63, 3.8) is 0 Å². The fourth-order valence-electron chi connectivity index (χ4n) is 2.23. The second-order valence-electron chi connectivity index (χ2n) is 6.34. The van der Waals surface area contributed by atoms with Crippen molar-refractivity contribution in [1.29, 1.82) is 0 Å². The van der Waals surface area contributed by atoms with Crippen LogP contribution in [-0.4, -0.2) is 29.3 Å². The summed E-state index contributed by atoms with van der Waals surface area (Å²) in [5.41, 5.74) is -2.46. The largest absolute Gasteiger partial charge is 0.444 e. The van der Waals surface area contributed by atoms with Gasteiger partial charge in [-0.25, -0.2) is 13.6 Å². The van der Waals surface area contributed by atoms with Gasteiger partial charge in [0.15, 0.2) is 5.72 Å². The van der Waals surface area contributed by atoms with Gasteiger partial charge < -0.3 is 9.47 Å². The van der Waals surface area contributed by atoms with Crippen LogP contribution in [0.4, 0.5) is 13.6 Å². The van der Waals surface area contributed by atoms with Gasteiger partial charge in [0.2, 0.25) is 0 Å². The first-order valence-electron chi connectivity index (χ1n) is 7.08. The van der Waals surface area contributed by atoms with Gasteiger partial charge in [0.05, 0.1) is 6.42 Å². The number of nitrogens with one attached hydrogen (secondary N) is 1. The predicted octanol–water partition coefficient (Wildman–Crippen LogP) is 3.37. The molecule has 1 amide bonds. The molecule has 1 fully saturated rings. The lowest BCUT2D eigenvalue weighted by Crippen LogP contribution is -2.57. The third kappa shape index (κ3) is 5.85. The molecule has 1 rings (SSSR count). The molecule has 0 aromatic rings. The highest BCUT2D eigenvalue weighted by molar-refractivity contribution is 5.72. The number of rotatable bonds is 3. The summed E-state index contributed by atoms with van der Waals surface area (Å²) in [5.74, 6) is -3.62. The Labute approximate surface area is 123 Å². The molecule has 1 saturated carbocycles. The first-order chi connectivity index (χ1) is 9.47. The second kappa shape index (κ2) is 6.15. The van der Waals surface area contributed by atoms with Crippen LogP contribution >= 0.6 is 0 Å². The third-order valence-corrected chi connectivity index (χ3v) is 2.99. The minimum atomic E-state index is -2.98. The van der Waals surface area contributed by atoms with Crippen molar-refractivity contribution in [2.24, 2.45) is 0 Å². The Balaban J connectivity index is 2.87. The summed E-state index contributed by atoms with van der Waals surface area (Å²) in [4.78, 5) is 23.3. The van der Waals surface area contributed by atoms with Gasteiger partial charge in [-0.05, 0) is 27.2 Å². The molecule has 1 aliphatic rings. The van der Waals surface area contributed by atoms with Gasteiger partial charge in [-0.2, -0.15) is 0 Å². The van der Waals surface area contributed by atoms with Crippen molar-refractivity contribution < 1.29 is 27.8 Å². The fourth-order valence-corrected chi connectivity index (χ4v) is 2.23. The smallest absolute Gasteiger partial charge is 0.410 e. The van der Waals surface area contributed by atoms with Crippen LogP contribution in [0.2, 0.25) is 0 Å². The van der Waals surface area contributed by atoms with E-state index >= 15 is 0 Å². The van der Waals surface area contributed by atoms with Crippen LogP contribution in [0.1, 0.15) is 59.8 Å². The molecule has 0 saturated heterocycles. The van der Waals surface area contributed by atoms with Crippen molar-refractivity contribution in [1.82, 2.24) is 5.32 Å². The van der Waals surface area contributed by atoms with Gasteiger partial charge in [-0.1, -0.05) is 6.92 Å². The Bertz CT molecular complexity index is 406. The molecular formula is C14H23F2NO4. The first kappa shape index (κ1) is 17.7. The number of hydrogen-bond donors (Lipinski definition) is 1. The third-order valence-electron chi connectivity index (χ3n) is 2.99. The Morgan fingerprint density at radius 3 is 2.33 bits per heavy atom. The number of amides is 1. The summed E-state index contributed by atoms with van der Waals surface area (Å²) in [6.45, 7) is 6.54. The number of carbonyl (C=O) groups is 2. The average molecular weight is 307 g/mol. The van der Waals surface area contributed by atoms with Crippen LogP contribution in [0.15, 0.2) is 0 Å². The van der Waals surface area contributed by atoms with Crippen molar-refractivity contribution in [3.8, 4) is 0 Å². The van der Waals surface area contributed by atoms with E-state index in [1.165, 1.54) is 0 Å². The minimum absolute atomic E-state index is 0.0450. The van der Waals surface area contributed by atoms with Crippen LogP contribution in [0.3, 0.4) is 0 Å². The predicted molar refractivity (Wildman–Crippen MR) is 71.9 cm³/mol. The molecule has 0 heterocycles. The minimum Gasteiger partial charge on any atom is -0.444 e. The van der Waals surface area contributed by atoms with Crippen LogP contribution < -0.4 is 5.32 Å². The molecule has 0 spiro atoms. The normalized spacial score (nSPS) is 25.0. The van der Waals surface area contributed by atoms with Crippen LogP contribution in [-0.2, 0) is 14.3 Å². The molecule has 1 atom stereocenters. The van der Waals surface area contributed by atoms with E-state index < -0.39 is 35.7 Å². The molecule has 0 aromatic heterocycles. The molecule has 7 heteroatoms. The SMILES string of the molecule is CCC(=O)O[C@@]1(NC(=O)OC(C)(C)C)CCCC(F)(F)C1. The fraction of sp³-hybridized carbons (Fsp3) is 0.857. The van der Waals surface area contributed by atoms with E-state index in [1.54, 1.807) is 27.7 Å². The zero-order valence-corrected chi connectivity index (χ0v) is 12.9. The van der Waals surface area contributed by atoms with E-state index in [9.17, 15) is 18.4 Å². The van der Waals surface area contributed by atoms with Crippen LogP contribution in [0.25, 0.3) is 0 Å². The molecule has 0 bridgehead atoms. The summed E-state index contributed by atoms with van der Waals surface area (Å²) in [6.07, 6.45) is -1.54. The number of esters is 1. The second-order valence-corrected chi connectivity index (χ2v) is 6.34. The highest BCUT2D eigenvalue weighted by Gasteiger charge is 2.49. The van der Waals surface area contributed by atoms with E-state index in [2.05, 4.69) is 5.32 Å². The number of hydrogen-bond acceptors (Lipinski definition) is 4. The number of carbonyl (C=O) groups excluding carboxylic acids is 2. The monoisotopic (exact) mass is 307 g/mol. The molecule has 0 radical (unpaired) electrons. The molecule has 0 aromatic carbocycles.